The van der Waals surface area contributed by atoms with Gasteiger partial charge in [0.15, 0.2) is 0 Å². The SMILES string of the molecule is COc1ccc(-c2nc3cc(C)ccn3c2-c2ccc(NC(=O)CCN(C)C(=O)OC(C)(C)C)nc2C#Cc2ccc3c(ccc(=O)n3C)c2)cn1. The van der Waals surface area contributed by atoms with Crippen LogP contribution in [0, 0.1) is 18.8 Å². The number of nitrogens with zero attached hydrogens (tertiary/aromatic N) is 6. The Bertz CT molecular complexity index is 2450. The molecule has 1 N–H and O–H groups in total. The number of hydrogen-bond acceptors (Lipinski definition) is 8. The Morgan fingerprint density at radius 1 is 0.981 bits per heavy atom. The molecule has 0 saturated heterocycles. The maximum absolute atomic E-state index is 13.1. The van der Waals surface area contributed by atoms with Crippen molar-refractivity contribution in [3.8, 4) is 40.2 Å². The Labute approximate surface area is 301 Å². The first kappa shape index (κ1) is 35.3. The van der Waals surface area contributed by atoms with E-state index in [9.17, 15) is 14.4 Å². The van der Waals surface area contributed by atoms with E-state index in [2.05, 4.69) is 22.1 Å². The van der Waals surface area contributed by atoms with Crippen molar-refractivity contribution >= 4 is 34.4 Å². The summed E-state index contributed by atoms with van der Waals surface area (Å²) >= 11 is 0. The third kappa shape index (κ3) is 7.79. The van der Waals surface area contributed by atoms with Crippen LogP contribution >= 0.6 is 0 Å². The summed E-state index contributed by atoms with van der Waals surface area (Å²) < 4.78 is 14.3. The van der Waals surface area contributed by atoms with Crippen LogP contribution in [0.1, 0.15) is 44.0 Å². The second kappa shape index (κ2) is 14.4. The van der Waals surface area contributed by atoms with Crippen molar-refractivity contribution in [1.82, 2.24) is 28.8 Å². The van der Waals surface area contributed by atoms with Crippen LogP contribution < -0.4 is 15.6 Å². The first-order valence-electron chi connectivity index (χ1n) is 16.7. The van der Waals surface area contributed by atoms with Gasteiger partial charge in [0.1, 0.15) is 22.8 Å². The highest BCUT2D eigenvalue weighted by atomic mass is 16.6. The van der Waals surface area contributed by atoms with Gasteiger partial charge in [-0.1, -0.05) is 5.92 Å². The van der Waals surface area contributed by atoms with Crippen molar-refractivity contribution < 1.29 is 19.1 Å². The van der Waals surface area contributed by atoms with E-state index >= 15 is 0 Å². The maximum Gasteiger partial charge on any atom is 0.410 e. The van der Waals surface area contributed by atoms with Crippen molar-refractivity contribution in [2.75, 3.05) is 26.0 Å². The average Bonchev–Trinajstić information content (AvgIpc) is 3.48. The lowest BCUT2D eigenvalue weighted by Gasteiger charge is -2.24. The zero-order valence-electron chi connectivity index (χ0n) is 30.1. The first-order chi connectivity index (χ1) is 24.8. The predicted octanol–water partition coefficient (Wildman–Crippen LogP) is 6.22. The van der Waals surface area contributed by atoms with E-state index in [4.69, 9.17) is 19.4 Å². The minimum Gasteiger partial charge on any atom is -0.481 e. The molecular formula is C40H39N7O5. The van der Waals surface area contributed by atoms with E-state index in [0.717, 1.165) is 33.4 Å². The summed E-state index contributed by atoms with van der Waals surface area (Å²) in [6.45, 7) is 7.52. The molecule has 52 heavy (non-hydrogen) atoms. The number of carbonyl (C=O) groups is 2. The van der Waals surface area contributed by atoms with E-state index in [1.165, 1.54) is 11.0 Å². The van der Waals surface area contributed by atoms with Gasteiger partial charge in [0.25, 0.3) is 5.56 Å². The molecule has 0 aliphatic rings. The fourth-order valence-electron chi connectivity index (χ4n) is 5.56. The number of ether oxygens (including phenoxy) is 2. The van der Waals surface area contributed by atoms with Gasteiger partial charge >= 0.3 is 6.09 Å². The van der Waals surface area contributed by atoms with Crippen LogP contribution in [0.25, 0.3) is 39.1 Å². The molecule has 2 amide bonds. The Kier molecular flexibility index (Phi) is 9.79. The smallest absolute Gasteiger partial charge is 0.410 e. The zero-order valence-corrected chi connectivity index (χ0v) is 30.1. The molecule has 6 aromatic rings. The number of pyridine rings is 4. The summed E-state index contributed by atoms with van der Waals surface area (Å²) in [5, 5.41) is 3.73. The van der Waals surface area contributed by atoms with Gasteiger partial charge in [-0.05, 0) is 99.2 Å². The van der Waals surface area contributed by atoms with Crippen molar-refractivity contribution in [1.29, 1.82) is 0 Å². The van der Waals surface area contributed by atoms with E-state index < -0.39 is 11.7 Å². The number of amides is 2. The maximum atomic E-state index is 13.1. The van der Waals surface area contributed by atoms with E-state index in [0.29, 0.717) is 34.2 Å². The first-order valence-corrected chi connectivity index (χ1v) is 16.7. The quantitative estimate of drug-likeness (QED) is 0.195. The molecule has 0 spiro atoms. The van der Waals surface area contributed by atoms with Gasteiger partial charge in [0.05, 0.1) is 24.0 Å². The van der Waals surface area contributed by atoms with Crippen LogP contribution in [0.2, 0.25) is 0 Å². The Morgan fingerprint density at radius 3 is 2.52 bits per heavy atom. The molecule has 0 saturated carbocycles. The topological polar surface area (TPSA) is 133 Å². The van der Waals surface area contributed by atoms with E-state index in [1.807, 2.05) is 60.0 Å². The molecule has 0 unspecified atom stereocenters. The lowest BCUT2D eigenvalue weighted by atomic mass is 10.0. The van der Waals surface area contributed by atoms with Crippen molar-refractivity contribution in [2.45, 2.75) is 39.7 Å². The molecule has 0 fully saturated rings. The fourth-order valence-corrected chi connectivity index (χ4v) is 5.56. The Hall–Kier alpha value is -6.48. The number of imidazole rings is 1. The fraction of sp³-hybridized carbons (Fsp3) is 0.250. The third-order valence-corrected chi connectivity index (χ3v) is 8.25. The molecule has 264 valence electrons. The Morgan fingerprint density at radius 2 is 1.79 bits per heavy atom. The molecule has 5 heterocycles. The van der Waals surface area contributed by atoms with Gasteiger partial charge in [0, 0.05) is 68.3 Å². The van der Waals surface area contributed by atoms with E-state index in [-0.39, 0.29) is 24.4 Å². The summed E-state index contributed by atoms with van der Waals surface area (Å²) in [5.74, 6) is 6.94. The molecule has 12 heteroatoms. The Balaban J connectivity index is 1.42. The number of nitrogens with one attached hydrogen (secondary N) is 1. The third-order valence-electron chi connectivity index (χ3n) is 8.25. The molecule has 0 atom stereocenters. The molecule has 12 nitrogen and oxygen atoms in total. The second-order valence-corrected chi connectivity index (χ2v) is 13.4. The highest BCUT2D eigenvalue weighted by Gasteiger charge is 2.22. The molecule has 0 aliphatic heterocycles. The van der Waals surface area contributed by atoms with Gasteiger partial charge in [-0.3, -0.25) is 14.0 Å². The minimum absolute atomic E-state index is 0.0288. The number of anilines is 1. The van der Waals surface area contributed by atoms with Gasteiger partial charge in [0.2, 0.25) is 11.8 Å². The number of rotatable bonds is 7. The van der Waals surface area contributed by atoms with Gasteiger partial charge in [-0.25, -0.2) is 19.7 Å². The van der Waals surface area contributed by atoms with Crippen molar-refractivity contribution in [3.05, 3.63) is 106 Å². The predicted molar refractivity (Wildman–Crippen MR) is 200 cm³/mol. The largest absolute Gasteiger partial charge is 0.481 e. The zero-order chi connectivity index (χ0) is 37.2. The number of carbonyl (C=O) groups excluding carboxylic acids is 2. The number of aryl methyl sites for hydroxylation is 2. The van der Waals surface area contributed by atoms with E-state index in [1.54, 1.807) is 70.9 Å². The minimum atomic E-state index is -0.648. The van der Waals surface area contributed by atoms with Gasteiger partial charge in [-0.15, -0.1) is 0 Å². The molecular weight excluding hydrogens is 658 g/mol. The number of hydrogen-bond donors (Lipinski definition) is 1. The summed E-state index contributed by atoms with van der Waals surface area (Å²) in [4.78, 5) is 53.3. The van der Waals surface area contributed by atoms with Gasteiger partial charge < -0.3 is 24.3 Å². The van der Waals surface area contributed by atoms with Crippen LogP contribution in [0.4, 0.5) is 10.6 Å². The second-order valence-electron chi connectivity index (χ2n) is 13.4. The summed E-state index contributed by atoms with van der Waals surface area (Å²) in [7, 11) is 4.88. The summed E-state index contributed by atoms with van der Waals surface area (Å²) in [6.07, 6.45) is 3.18. The van der Waals surface area contributed by atoms with Crippen molar-refractivity contribution in [3.63, 3.8) is 0 Å². The molecule has 1 aromatic carbocycles. The molecule has 6 rings (SSSR count). The summed E-state index contributed by atoms with van der Waals surface area (Å²) in [5.41, 5.74) is 5.79. The standard InChI is InChI=1S/C40H39N7O5/c1-25-18-21-47-33(22-25)44-37(28-10-16-35(51-7)41-24-28)38(47)29-12-15-32(43-34(48)19-20-45(5)39(50)52-40(2,3)4)42-30(29)13-8-26-9-14-31-27(23-26)11-17-36(49)46(31)6/h9-12,14-18,21-24H,19-20H2,1-7H3,(H,42,43,48). The van der Waals surface area contributed by atoms with Crippen molar-refractivity contribution in [2.24, 2.45) is 7.05 Å². The molecule has 0 aliphatic carbocycles. The summed E-state index contributed by atoms with van der Waals surface area (Å²) in [6, 6.07) is 20.2. The molecule has 0 radical (unpaired) electrons. The highest BCUT2D eigenvalue weighted by molar-refractivity contribution is 5.91. The number of benzene rings is 1. The molecule has 5 aromatic heterocycles. The van der Waals surface area contributed by atoms with Crippen LogP contribution in [0.5, 0.6) is 5.88 Å². The number of aromatic nitrogens is 5. The normalized spacial score (nSPS) is 11.2. The van der Waals surface area contributed by atoms with Crippen LogP contribution in [-0.4, -0.2) is 67.1 Å². The lowest BCUT2D eigenvalue weighted by Crippen LogP contribution is -2.35. The highest BCUT2D eigenvalue weighted by Crippen LogP contribution is 2.35. The van der Waals surface area contributed by atoms with Crippen LogP contribution in [0.15, 0.2) is 83.9 Å². The van der Waals surface area contributed by atoms with Gasteiger partial charge in [-0.2, -0.15) is 0 Å². The monoisotopic (exact) mass is 697 g/mol. The lowest BCUT2D eigenvalue weighted by molar-refractivity contribution is -0.116. The van der Waals surface area contributed by atoms with Crippen LogP contribution in [-0.2, 0) is 16.6 Å². The average molecular weight is 698 g/mol. The number of fused-ring (bicyclic) bond motifs is 2. The molecule has 0 bridgehead atoms. The number of methoxy groups -OCH3 is 1. The van der Waals surface area contributed by atoms with Crippen LogP contribution in [0.3, 0.4) is 0 Å².